The normalized spacial score (nSPS) is 17.5. The highest BCUT2D eigenvalue weighted by molar-refractivity contribution is 6.12. The highest BCUT2D eigenvalue weighted by atomic mass is 16.6. The fourth-order valence-electron chi connectivity index (χ4n) is 4.01. The van der Waals surface area contributed by atoms with Crippen LogP contribution in [-0.4, -0.2) is 47.9 Å². The maximum absolute atomic E-state index is 13.5. The van der Waals surface area contributed by atoms with E-state index >= 15 is 0 Å². The summed E-state index contributed by atoms with van der Waals surface area (Å²) in [7, 11) is 1.57. The molecule has 176 valence electrons. The molecule has 34 heavy (non-hydrogen) atoms. The molecule has 2 aliphatic heterocycles. The van der Waals surface area contributed by atoms with E-state index in [-0.39, 0.29) is 18.1 Å². The Morgan fingerprint density at radius 3 is 2.62 bits per heavy atom. The Labute approximate surface area is 195 Å². The Morgan fingerprint density at radius 2 is 1.94 bits per heavy atom. The number of carbonyl (C=O) groups excluding carboxylic acids is 3. The lowest BCUT2D eigenvalue weighted by Crippen LogP contribution is -2.45. The van der Waals surface area contributed by atoms with E-state index in [1.807, 2.05) is 6.92 Å². The van der Waals surface area contributed by atoms with Crippen LogP contribution in [0.25, 0.3) is 0 Å². The number of benzene rings is 2. The highest BCUT2D eigenvalue weighted by Gasteiger charge is 2.43. The number of likely N-dealkylation sites (N-methyl/N-ethyl adjacent to an activating group) is 1. The van der Waals surface area contributed by atoms with Gasteiger partial charge in [0.25, 0.3) is 11.6 Å². The Kier molecular flexibility index (Phi) is 6.31. The molecule has 10 heteroatoms. The van der Waals surface area contributed by atoms with Crippen LogP contribution < -0.4 is 10.2 Å². The van der Waals surface area contributed by atoms with Gasteiger partial charge < -0.3 is 15.0 Å². The molecule has 0 saturated carbocycles. The second-order valence-electron chi connectivity index (χ2n) is 8.08. The van der Waals surface area contributed by atoms with E-state index in [0.717, 1.165) is 12.8 Å². The first-order valence-electron chi connectivity index (χ1n) is 10.9. The van der Waals surface area contributed by atoms with Gasteiger partial charge in [-0.25, -0.2) is 9.59 Å². The van der Waals surface area contributed by atoms with Gasteiger partial charge in [0.1, 0.15) is 0 Å². The van der Waals surface area contributed by atoms with Crippen LogP contribution in [0.15, 0.2) is 59.8 Å². The maximum atomic E-state index is 13.5. The third kappa shape index (κ3) is 4.21. The predicted molar refractivity (Wildman–Crippen MR) is 123 cm³/mol. The van der Waals surface area contributed by atoms with Crippen LogP contribution in [0, 0.1) is 10.1 Å². The van der Waals surface area contributed by atoms with Crippen molar-refractivity contribution in [3.63, 3.8) is 0 Å². The van der Waals surface area contributed by atoms with Crippen molar-refractivity contribution < 1.29 is 24.0 Å². The third-order valence-corrected chi connectivity index (χ3v) is 5.92. The van der Waals surface area contributed by atoms with Gasteiger partial charge in [-0.2, -0.15) is 0 Å². The van der Waals surface area contributed by atoms with Crippen LogP contribution in [0.4, 0.5) is 16.2 Å². The Balaban J connectivity index is 1.60. The maximum Gasteiger partial charge on any atom is 0.338 e. The van der Waals surface area contributed by atoms with Crippen LogP contribution in [-0.2, 0) is 9.53 Å². The number of hydrogen-bond acceptors (Lipinski definition) is 6. The SMILES string of the molecule is CCCCOC(=O)c1ccc(N2CC3=C(C2=O)[C@H](c2cccc([N+](=O)[O-])c2)NC(=O)N3C)cc1. The van der Waals surface area contributed by atoms with Crippen LogP contribution in [0.5, 0.6) is 0 Å². The zero-order valence-electron chi connectivity index (χ0n) is 18.8. The smallest absolute Gasteiger partial charge is 0.338 e. The summed E-state index contributed by atoms with van der Waals surface area (Å²) in [4.78, 5) is 51.8. The Hall–Kier alpha value is -4.21. The number of nitro groups is 1. The number of non-ortho nitro benzene ring substituents is 1. The van der Waals surface area contributed by atoms with Gasteiger partial charge in [0.15, 0.2) is 0 Å². The molecule has 1 atom stereocenters. The van der Waals surface area contributed by atoms with Crippen molar-refractivity contribution in [1.82, 2.24) is 10.2 Å². The van der Waals surface area contributed by atoms with E-state index in [4.69, 9.17) is 4.74 Å². The zero-order chi connectivity index (χ0) is 24.4. The summed E-state index contributed by atoms with van der Waals surface area (Å²) in [6, 6.07) is 11.2. The molecular formula is C24H24N4O6. The number of nitro benzene ring substituents is 1. The summed E-state index contributed by atoms with van der Waals surface area (Å²) in [5.74, 6) is -0.748. The van der Waals surface area contributed by atoms with Crippen molar-refractivity contribution in [2.24, 2.45) is 0 Å². The lowest BCUT2D eigenvalue weighted by atomic mass is 9.95. The van der Waals surface area contributed by atoms with Crippen LogP contribution in [0.1, 0.15) is 41.7 Å². The molecule has 2 aromatic rings. The van der Waals surface area contributed by atoms with E-state index in [1.165, 1.54) is 28.0 Å². The van der Waals surface area contributed by atoms with Crippen molar-refractivity contribution in [2.75, 3.05) is 25.1 Å². The number of amides is 3. The molecule has 2 heterocycles. The number of hydrogen-bond donors (Lipinski definition) is 1. The summed E-state index contributed by atoms with van der Waals surface area (Å²) in [6.07, 6.45) is 1.71. The molecule has 1 N–H and O–H groups in total. The van der Waals surface area contributed by atoms with Crippen molar-refractivity contribution in [2.45, 2.75) is 25.8 Å². The van der Waals surface area contributed by atoms with E-state index in [9.17, 15) is 24.5 Å². The summed E-state index contributed by atoms with van der Waals surface area (Å²) >= 11 is 0. The molecular weight excluding hydrogens is 440 g/mol. The van der Waals surface area contributed by atoms with Gasteiger partial charge in [0.2, 0.25) is 0 Å². The molecule has 0 unspecified atom stereocenters. The summed E-state index contributed by atoms with van der Waals surface area (Å²) in [6.45, 7) is 2.52. The molecule has 0 saturated heterocycles. The van der Waals surface area contributed by atoms with Crippen LogP contribution in [0.3, 0.4) is 0 Å². The number of esters is 1. The van der Waals surface area contributed by atoms with Gasteiger partial charge in [-0.15, -0.1) is 0 Å². The van der Waals surface area contributed by atoms with Crippen LogP contribution >= 0.6 is 0 Å². The molecule has 4 rings (SSSR count). The first-order chi connectivity index (χ1) is 16.3. The van der Waals surface area contributed by atoms with Gasteiger partial charge in [-0.3, -0.25) is 19.8 Å². The number of nitrogens with zero attached hydrogens (tertiary/aromatic N) is 3. The number of carbonyl (C=O) groups is 3. The lowest BCUT2D eigenvalue weighted by Gasteiger charge is -2.30. The Morgan fingerprint density at radius 1 is 1.21 bits per heavy atom. The molecule has 2 aliphatic rings. The minimum absolute atomic E-state index is 0.128. The molecule has 0 radical (unpaired) electrons. The van der Waals surface area contributed by atoms with Crippen molar-refractivity contribution >= 4 is 29.3 Å². The fraction of sp³-hybridized carbons (Fsp3) is 0.292. The summed E-state index contributed by atoms with van der Waals surface area (Å²) < 4.78 is 5.22. The topological polar surface area (TPSA) is 122 Å². The molecule has 2 aromatic carbocycles. The minimum Gasteiger partial charge on any atom is -0.462 e. The molecule has 0 aromatic heterocycles. The van der Waals surface area contributed by atoms with Crippen molar-refractivity contribution in [3.8, 4) is 0 Å². The molecule has 10 nitrogen and oxygen atoms in total. The predicted octanol–water partition coefficient (Wildman–Crippen LogP) is 3.55. The third-order valence-electron chi connectivity index (χ3n) is 5.92. The first kappa shape index (κ1) is 23.0. The van der Waals surface area contributed by atoms with Gasteiger partial charge in [-0.05, 0) is 36.2 Å². The number of nitrogens with one attached hydrogen (secondary N) is 1. The van der Waals surface area contributed by atoms with Gasteiger partial charge in [-0.1, -0.05) is 25.5 Å². The molecule has 0 spiro atoms. The minimum atomic E-state index is -0.816. The number of urea groups is 1. The largest absolute Gasteiger partial charge is 0.462 e. The van der Waals surface area contributed by atoms with Crippen molar-refractivity contribution in [1.29, 1.82) is 0 Å². The molecule has 0 fully saturated rings. The molecule has 0 aliphatic carbocycles. The molecule has 0 bridgehead atoms. The first-order valence-corrected chi connectivity index (χ1v) is 10.9. The van der Waals surface area contributed by atoms with E-state index in [0.29, 0.717) is 34.7 Å². The van der Waals surface area contributed by atoms with Gasteiger partial charge >= 0.3 is 12.0 Å². The van der Waals surface area contributed by atoms with E-state index < -0.39 is 23.0 Å². The standard InChI is InChI=1S/C24H24N4O6/c1-3-4-12-34-23(30)15-8-10-17(11-9-15)27-14-19-20(22(27)29)21(25-24(31)26(19)2)16-6-5-7-18(13-16)28(32)33/h5-11,13,21H,3-4,12,14H2,1-2H3,(H,25,31)/t21-/m0/s1. The average Bonchev–Trinajstić information content (AvgIpc) is 3.19. The lowest BCUT2D eigenvalue weighted by molar-refractivity contribution is -0.384. The fourth-order valence-corrected chi connectivity index (χ4v) is 4.01. The van der Waals surface area contributed by atoms with E-state index in [2.05, 4.69) is 5.32 Å². The van der Waals surface area contributed by atoms with E-state index in [1.54, 1.807) is 37.4 Å². The monoisotopic (exact) mass is 464 g/mol. The second-order valence-corrected chi connectivity index (χ2v) is 8.08. The number of rotatable bonds is 7. The number of unbranched alkanes of at least 4 members (excludes halogenated alkanes) is 1. The van der Waals surface area contributed by atoms with Crippen molar-refractivity contribution in [3.05, 3.63) is 81.0 Å². The quantitative estimate of drug-likeness (QED) is 0.289. The summed E-state index contributed by atoms with van der Waals surface area (Å²) in [5.41, 5.74) is 2.13. The van der Waals surface area contributed by atoms with Gasteiger partial charge in [0, 0.05) is 24.9 Å². The van der Waals surface area contributed by atoms with Gasteiger partial charge in [0.05, 0.1) is 41.0 Å². The highest BCUT2D eigenvalue weighted by Crippen LogP contribution is 2.38. The number of anilines is 1. The zero-order valence-corrected chi connectivity index (χ0v) is 18.8. The van der Waals surface area contributed by atoms with Crippen LogP contribution in [0.2, 0.25) is 0 Å². The average molecular weight is 464 g/mol. The summed E-state index contributed by atoms with van der Waals surface area (Å²) in [5, 5.41) is 14.0. The Bertz CT molecular complexity index is 1190. The molecule has 3 amide bonds. The second kappa shape index (κ2) is 9.34. The number of ether oxygens (including phenoxy) is 1.